The predicted molar refractivity (Wildman–Crippen MR) is 120 cm³/mol. The van der Waals surface area contributed by atoms with Crippen molar-refractivity contribution < 1.29 is 22.4 Å². The summed E-state index contributed by atoms with van der Waals surface area (Å²) in [5, 5.41) is 5.01. The van der Waals surface area contributed by atoms with Gasteiger partial charge in [0.25, 0.3) is 10.0 Å². The number of carbonyl (C=O) groups excluding carboxylic acids is 2. The third-order valence-corrected chi connectivity index (χ3v) is 7.07. The maximum absolute atomic E-state index is 13.3. The van der Waals surface area contributed by atoms with Crippen LogP contribution in [0.1, 0.15) is 23.3 Å². The number of anilines is 2. The van der Waals surface area contributed by atoms with E-state index in [1.807, 2.05) is 6.92 Å². The normalized spacial score (nSPS) is 13.3. The second-order valence-corrected chi connectivity index (χ2v) is 9.42. The first kappa shape index (κ1) is 21.6. The van der Waals surface area contributed by atoms with Crippen molar-refractivity contribution in [2.75, 3.05) is 16.2 Å². The molecule has 9 heteroatoms. The van der Waals surface area contributed by atoms with Crippen molar-refractivity contribution in [1.82, 2.24) is 5.32 Å². The lowest BCUT2D eigenvalue weighted by Crippen LogP contribution is -2.36. The zero-order valence-electron chi connectivity index (χ0n) is 17.5. The Hall–Kier alpha value is -3.59. The topological polar surface area (TPSA) is 109 Å². The fraction of sp³-hybridized carbons (Fsp3) is 0.217. The number of nitrogens with one attached hydrogen (secondary N) is 2. The number of furan rings is 1. The molecule has 4 rings (SSSR count). The quantitative estimate of drug-likeness (QED) is 0.578. The second kappa shape index (κ2) is 8.88. The van der Waals surface area contributed by atoms with Crippen LogP contribution in [0.15, 0.2) is 70.2 Å². The third-order valence-electron chi connectivity index (χ3n) is 5.24. The SMILES string of the molecule is Cc1ccc(S(=O)(=O)N2CCCc3ccc(NC(=O)C(=O)NCc4ccco4)cc32)cc1. The Kier molecular flexibility index (Phi) is 6.00. The molecule has 2 aromatic carbocycles. The summed E-state index contributed by atoms with van der Waals surface area (Å²) in [6.45, 7) is 2.32. The van der Waals surface area contributed by atoms with E-state index in [2.05, 4.69) is 10.6 Å². The van der Waals surface area contributed by atoms with E-state index in [-0.39, 0.29) is 11.4 Å². The molecule has 2 amide bonds. The van der Waals surface area contributed by atoms with E-state index in [1.165, 1.54) is 10.6 Å². The summed E-state index contributed by atoms with van der Waals surface area (Å²) in [4.78, 5) is 24.6. The lowest BCUT2D eigenvalue weighted by Gasteiger charge is -2.31. The number of rotatable bonds is 5. The zero-order chi connectivity index (χ0) is 22.7. The standard InChI is InChI=1S/C23H23N3O5S/c1-16-6-10-20(11-7-16)32(29,30)26-12-2-4-17-8-9-18(14-21(17)26)25-23(28)22(27)24-15-19-5-3-13-31-19/h3,5-11,13-14H,2,4,12,15H2,1H3,(H,24,27)(H,25,28). The number of amides is 2. The van der Waals surface area contributed by atoms with Crippen LogP contribution in [0.25, 0.3) is 0 Å². The molecule has 2 heterocycles. The number of hydrogen-bond acceptors (Lipinski definition) is 5. The van der Waals surface area contributed by atoms with Crippen molar-refractivity contribution in [2.24, 2.45) is 0 Å². The van der Waals surface area contributed by atoms with Crippen molar-refractivity contribution in [3.05, 3.63) is 77.7 Å². The monoisotopic (exact) mass is 453 g/mol. The van der Waals surface area contributed by atoms with Gasteiger partial charge in [0.15, 0.2) is 0 Å². The van der Waals surface area contributed by atoms with Crippen LogP contribution in [0.3, 0.4) is 0 Å². The van der Waals surface area contributed by atoms with Gasteiger partial charge in [0.1, 0.15) is 5.76 Å². The summed E-state index contributed by atoms with van der Waals surface area (Å²) in [5.74, 6) is -1.14. The van der Waals surface area contributed by atoms with E-state index >= 15 is 0 Å². The molecule has 0 aliphatic carbocycles. The predicted octanol–water partition coefficient (Wildman–Crippen LogP) is 2.98. The highest BCUT2D eigenvalue weighted by Crippen LogP contribution is 2.34. The first-order chi connectivity index (χ1) is 15.3. The van der Waals surface area contributed by atoms with Crippen LogP contribution >= 0.6 is 0 Å². The van der Waals surface area contributed by atoms with Crippen molar-refractivity contribution in [2.45, 2.75) is 31.2 Å². The minimum atomic E-state index is -3.76. The van der Waals surface area contributed by atoms with Crippen LogP contribution in [0.5, 0.6) is 0 Å². The minimum Gasteiger partial charge on any atom is -0.467 e. The van der Waals surface area contributed by atoms with E-state index in [9.17, 15) is 18.0 Å². The maximum Gasteiger partial charge on any atom is 0.313 e. The molecule has 0 saturated carbocycles. The second-order valence-electron chi connectivity index (χ2n) is 7.55. The maximum atomic E-state index is 13.3. The molecule has 166 valence electrons. The Labute approximate surface area is 186 Å². The number of sulfonamides is 1. The van der Waals surface area contributed by atoms with Gasteiger partial charge in [0.05, 0.1) is 23.4 Å². The number of hydrogen-bond donors (Lipinski definition) is 2. The van der Waals surface area contributed by atoms with Crippen molar-refractivity contribution >= 4 is 33.2 Å². The summed E-state index contributed by atoms with van der Waals surface area (Å²) in [6, 6.07) is 15.1. The number of benzene rings is 2. The molecule has 0 radical (unpaired) electrons. The molecule has 0 fully saturated rings. The number of carbonyl (C=O) groups is 2. The first-order valence-corrected chi connectivity index (χ1v) is 11.6. The molecule has 0 atom stereocenters. The van der Waals surface area contributed by atoms with Crippen LogP contribution in [-0.2, 0) is 32.6 Å². The molecular formula is C23H23N3O5S. The number of fused-ring (bicyclic) bond motifs is 1. The van der Waals surface area contributed by atoms with Gasteiger partial charge in [-0.25, -0.2) is 8.42 Å². The van der Waals surface area contributed by atoms with Gasteiger partial charge in [-0.1, -0.05) is 23.8 Å². The lowest BCUT2D eigenvalue weighted by molar-refractivity contribution is -0.136. The molecule has 1 aromatic heterocycles. The summed E-state index contributed by atoms with van der Waals surface area (Å²) >= 11 is 0. The molecule has 0 spiro atoms. The summed E-state index contributed by atoms with van der Waals surface area (Å²) in [6.07, 6.45) is 2.90. The van der Waals surface area contributed by atoms with Gasteiger partial charge in [-0.05, 0) is 61.7 Å². The van der Waals surface area contributed by atoms with E-state index in [1.54, 1.807) is 54.6 Å². The highest BCUT2D eigenvalue weighted by Gasteiger charge is 2.29. The van der Waals surface area contributed by atoms with Crippen LogP contribution in [0.4, 0.5) is 11.4 Å². The Morgan fingerprint density at radius 2 is 1.84 bits per heavy atom. The van der Waals surface area contributed by atoms with Gasteiger partial charge in [-0.2, -0.15) is 0 Å². The molecule has 1 aliphatic heterocycles. The minimum absolute atomic E-state index is 0.0893. The van der Waals surface area contributed by atoms with Crippen LogP contribution in [0.2, 0.25) is 0 Å². The molecule has 3 aromatic rings. The van der Waals surface area contributed by atoms with Gasteiger partial charge in [-0.3, -0.25) is 13.9 Å². The smallest absolute Gasteiger partial charge is 0.313 e. The molecule has 0 unspecified atom stereocenters. The molecule has 0 bridgehead atoms. The fourth-order valence-corrected chi connectivity index (χ4v) is 5.09. The lowest BCUT2D eigenvalue weighted by atomic mass is 10.0. The Morgan fingerprint density at radius 1 is 1.06 bits per heavy atom. The molecule has 0 saturated heterocycles. The molecule has 8 nitrogen and oxygen atoms in total. The van der Waals surface area contributed by atoms with Crippen molar-refractivity contribution in [3.63, 3.8) is 0 Å². The summed E-state index contributed by atoms with van der Waals surface area (Å²) in [5.41, 5.74) is 2.68. The third kappa shape index (κ3) is 4.52. The first-order valence-electron chi connectivity index (χ1n) is 10.2. The van der Waals surface area contributed by atoms with Crippen LogP contribution in [-0.4, -0.2) is 26.8 Å². The van der Waals surface area contributed by atoms with Gasteiger partial charge in [-0.15, -0.1) is 0 Å². The Morgan fingerprint density at radius 3 is 2.56 bits per heavy atom. The number of aryl methyl sites for hydroxylation is 2. The molecule has 32 heavy (non-hydrogen) atoms. The van der Waals surface area contributed by atoms with Gasteiger partial charge >= 0.3 is 11.8 Å². The zero-order valence-corrected chi connectivity index (χ0v) is 18.3. The van der Waals surface area contributed by atoms with E-state index in [0.717, 1.165) is 17.5 Å². The van der Waals surface area contributed by atoms with Crippen LogP contribution < -0.4 is 14.9 Å². The van der Waals surface area contributed by atoms with E-state index in [4.69, 9.17) is 4.42 Å². The average Bonchev–Trinajstić information content (AvgIpc) is 3.31. The van der Waals surface area contributed by atoms with Gasteiger partial charge in [0, 0.05) is 12.2 Å². The average molecular weight is 454 g/mol. The van der Waals surface area contributed by atoms with Crippen LogP contribution in [0, 0.1) is 6.92 Å². The highest BCUT2D eigenvalue weighted by atomic mass is 32.2. The van der Waals surface area contributed by atoms with E-state index < -0.39 is 21.8 Å². The number of nitrogens with zero attached hydrogens (tertiary/aromatic N) is 1. The molecular weight excluding hydrogens is 430 g/mol. The fourth-order valence-electron chi connectivity index (χ4n) is 3.55. The van der Waals surface area contributed by atoms with Crippen molar-refractivity contribution in [1.29, 1.82) is 0 Å². The van der Waals surface area contributed by atoms with Crippen molar-refractivity contribution in [3.8, 4) is 0 Å². The highest BCUT2D eigenvalue weighted by molar-refractivity contribution is 7.92. The summed E-state index contributed by atoms with van der Waals surface area (Å²) in [7, 11) is -3.76. The van der Waals surface area contributed by atoms with E-state index in [0.29, 0.717) is 30.1 Å². The molecule has 2 N–H and O–H groups in total. The largest absolute Gasteiger partial charge is 0.467 e. The molecule has 1 aliphatic rings. The Bertz CT molecular complexity index is 1240. The summed E-state index contributed by atoms with van der Waals surface area (Å²) < 4.78 is 33.0. The Balaban J connectivity index is 1.53. The van der Waals surface area contributed by atoms with Gasteiger partial charge in [0.2, 0.25) is 0 Å². The van der Waals surface area contributed by atoms with Gasteiger partial charge < -0.3 is 15.1 Å².